The highest BCUT2D eigenvalue weighted by molar-refractivity contribution is 6.74. The van der Waals surface area contributed by atoms with E-state index in [1.54, 1.807) is 14.2 Å². The molecule has 2 atom stereocenters. The number of aliphatic hydroxyl groups excluding tert-OH is 1. The number of nitrogens with zero attached hydrogens (tertiary/aromatic N) is 1. The topological polar surface area (TPSA) is 90.6 Å². The first-order valence-corrected chi connectivity index (χ1v) is 17.3. The largest absolute Gasteiger partial charge is 0.541 e. The van der Waals surface area contributed by atoms with Gasteiger partial charge in [0.15, 0.2) is 5.75 Å². The molecule has 2 N–H and O–H groups in total. The number of aliphatic hydroxyl groups is 1. The zero-order valence-electron chi connectivity index (χ0n) is 26.3. The lowest BCUT2D eigenvalue weighted by atomic mass is 9.98. The minimum absolute atomic E-state index is 0.0551. The maximum absolute atomic E-state index is 13.1. The normalized spacial score (nSPS) is 14.1. The van der Waals surface area contributed by atoms with Crippen molar-refractivity contribution < 1.29 is 28.5 Å². The van der Waals surface area contributed by atoms with Crippen LogP contribution in [0.4, 0.5) is 4.79 Å². The molecule has 0 aromatic heterocycles. The van der Waals surface area contributed by atoms with Crippen LogP contribution in [0.3, 0.4) is 0 Å². The molecule has 4 rings (SSSR count). The lowest BCUT2D eigenvalue weighted by Crippen LogP contribution is -2.44. The Kier molecular flexibility index (Phi) is 9.43. The van der Waals surface area contributed by atoms with Crippen molar-refractivity contribution in [1.82, 2.24) is 5.32 Å². The number of nitrogens with one attached hydrogen (secondary N) is 1. The summed E-state index contributed by atoms with van der Waals surface area (Å²) in [6.07, 6.45) is -2.11. The number of fused-ring (bicyclic) bond motifs is 3. The van der Waals surface area contributed by atoms with Crippen LogP contribution in [0.25, 0.3) is 16.0 Å². The van der Waals surface area contributed by atoms with Crippen molar-refractivity contribution in [2.45, 2.75) is 70.4 Å². The molecule has 43 heavy (non-hydrogen) atoms. The summed E-state index contributed by atoms with van der Waals surface area (Å²) in [6.45, 7) is 20.3. The van der Waals surface area contributed by atoms with Gasteiger partial charge in [-0.1, -0.05) is 69.3 Å². The fraction of sp³-hybridized carbons (Fsp3) is 0.412. The first kappa shape index (κ1) is 31.9. The lowest BCUT2D eigenvalue weighted by Gasteiger charge is -2.37. The molecule has 9 heteroatoms. The number of carbonyl (C=O) groups excluding carboxylic acids is 1. The molecule has 0 spiro atoms. The Hall–Kier alpha value is -4.00. The summed E-state index contributed by atoms with van der Waals surface area (Å²) in [5.74, 6) is 1.56. The molecule has 1 aliphatic rings. The highest BCUT2D eigenvalue weighted by Gasteiger charge is 2.40. The fourth-order valence-corrected chi connectivity index (χ4v) is 6.37. The van der Waals surface area contributed by atoms with E-state index in [0.717, 1.165) is 27.8 Å². The molecule has 0 bridgehead atoms. The van der Waals surface area contributed by atoms with Crippen LogP contribution in [-0.2, 0) is 11.2 Å². The minimum atomic E-state index is -2.24. The molecule has 0 fully saturated rings. The molecule has 0 radical (unpaired) electrons. The Morgan fingerprint density at radius 2 is 1.58 bits per heavy atom. The number of methoxy groups -OCH3 is 2. The predicted molar refractivity (Wildman–Crippen MR) is 170 cm³/mol. The summed E-state index contributed by atoms with van der Waals surface area (Å²) in [5.41, 5.74) is 5.86. The zero-order valence-corrected chi connectivity index (χ0v) is 27.3. The van der Waals surface area contributed by atoms with Gasteiger partial charge in [-0.2, -0.15) is 0 Å². The van der Waals surface area contributed by atoms with Crippen molar-refractivity contribution in [2.24, 2.45) is 0 Å². The monoisotopic (exact) mass is 602 g/mol. The van der Waals surface area contributed by atoms with Gasteiger partial charge in [0.25, 0.3) is 8.32 Å². The third-order valence-corrected chi connectivity index (χ3v) is 13.0. The second kappa shape index (κ2) is 12.7. The van der Waals surface area contributed by atoms with Gasteiger partial charge in [0.1, 0.15) is 24.1 Å². The van der Waals surface area contributed by atoms with Gasteiger partial charge in [-0.3, -0.25) is 4.85 Å². The van der Waals surface area contributed by atoms with Crippen LogP contribution in [0.15, 0.2) is 54.6 Å². The molecule has 228 valence electrons. The summed E-state index contributed by atoms with van der Waals surface area (Å²) >= 11 is 0. The van der Waals surface area contributed by atoms with Crippen molar-refractivity contribution in [3.05, 3.63) is 88.3 Å². The van der Waals surface area contributed by atoms with Gasteiger partial charge in [-0.15, -0.1) is 0 Å². The number of amides is 1. The average Bonchev–Trinajstić information content (AvgIpc) is 3.28. The first-order chi connectivity index (χ1) is 20.3. The van der Waals surface area contributed by atoms with Gasteiger partial charge in [-0.05, 0) is 53.4 Å². The van der Waals surface area contributed by atoms with Crippen molar-refractivity contribution >= 4 is 14.4 Å². The van der Waals surface area contributed by atoms with Crippen LogP contribution >= 0.6 is 0 Å². The summed E-state index contributed by atoms with van der Waals surface area (Å²) in [7, 11) is 0.898. The SMILES string of the molecule is [C-]#[N+]C(O)C(Cc1cc(O[Si](C)(C)C(C)(C)C)c(OC)c(C)c1OC)NC(=O)OCC1c2ccccc2-c2ccccc21. The molecule has 3 aromatic rings. The van der Waals surface area contributed by atoms with E-state index in [9.17, 15) is 9.90 Å². The fourth-order valence-electron chi connectivity index (χ4n) is 5.36. The summed E-state index contributed by atoms with van der Waals surface area (Å²) in [6, 6.07) is 17.1. The van der Waals surface area contributed by atoms with Gasteiger partial charge in [0, 0.05) is 23.5 Å². The lowest BCUT2D eigenvalue weighted by molar-refractivity contribution is 0.120. The number of hydrogen-bond donors (Lipinski definition) is 2. The summed E-state index contributed by atoms with van der Waals surface area (Å²) in [4.78, 5) is 16.4. The third-order valence-electron chi connectivity index (χ3n) is 8.66. The van der Waals surface area contributed by atoms with Crippen molar-refractivity contribution in [1.29, 1.82) is 0 Å². The molecule has 3 aromatic carbocycles. The minimum Gasteiger partial charge on any atom is -0.541 e. The summed E-state index contributed by atoms with van der Waals surface area (Å²) < 4.78 is 23.8. The molecule has 0 heterocycles. The highest BCUT2D eigenvalue weighted by atomic mass is 28.4. The van der Waals surface area contributed by atoms with E-state index in [4.69, 9.17) is 25.2 Å². The van der Waals surface area contributed by atoms with Gasteiger partial charge >= 0.3 is 12.3 Å². The van der Waals surface area contributed by atoms with E-state index in [0.29, 0.717) is 22.8 Å². The average molecular weight is 603 g/mol. The number of ether oxygens (including phenoxy) is 3. The quantitative estimate of drug-likeness (QED) is 0.190. The smallest absolute Gasteiger partial charge is 0.407 e. The molecule has 0 saturated heterocycles. The number of rotatable bonds is 10. The Bertz CT molecular complexity index is 1480. The van der Waals surface area contributed by atoms with E-state index < -0.39 is 26.7 Å². The molecule has 8 nitrogen and oxygen atoms in total. The van der Waals surface area contributed by atoms with E-state index in [2.05, 4.69) is 68.3 Å². The Balaban J connectivity index is 1.57. The molecular formula is C34H42N2O6Si. The van der Waals surface area contributed by atoms with Gasteiger partial charge in [-0.25, -0.2) is 11.4 Å². The molecule has 2 unspecified atom stereocenters. The molecule has 0 aliphatic heterocycles. The van der Waals surface area contributed by atoms with Gasteiger partial charge in [0.2, 0.25) is 0 Å². The Morgan fingerprint density at radius 1 is 1.02 bits per heavy atom. The van der Waals surface area contributed by atoms with E-state index in [-0.39, 0.29) is 24.0 Å². The highest BCUT2D eigenvalue weighted by Crippen LogP contribution is 2.46. The maximum atomic E-state index is 13.1. The van der Waals surface area contributed by atoms with Crippen LogP contribution < -0.4 is 19.2 Å². The standard InChI is InChI=1S/C34H42N2O6Si/c1-21-30(39-6)22(19-29(31(21)40-7)42-43(8,9)34(2,3)4)18-28(32(37)35-5)36-33(38)41-20-27-25-16-12-10-14-23(25)24-15-11-13-17-26(24)27/h10-17,19,27-28,32,37H,18,20H2,1-4,6-9H3,(H,36,38). The predicted octanol–water partition coefficient (Wildman–Crippen LogP) is 7.08. The second-order valence-electron chi connectivity index (χ2n) is 12.4. The van der Waals surface area contributed by atoms with Crippen LogP contribution in [0.2, 0.25) is 18.1 Å². The first-order valence-electron chi connectivity index (χ1n) is 14.4. The number of hydrogen-bond acceptors (Lipinski definition) is 6. The molecule has 1 amide bonds. The molecule has 1 aliphatic carbocycles. The van der Waals surface area contributed by atoms with E-state index >= 15 is 0 Å². The zero-order chi connectivity index (χ0) is 31.5. The van der Waals surface area contributed by atoms with Crippen LogP contribution in [0.5, 0.6) is 17.2 Å². The van der Waals surface area contributed by atoms with E-state index in [1.807, 2.05) is 37.3 Å². The van der Waals surface area contributed by atoms with Crippen molar-refractivity contribution in [3.8, 4) is 28.4 Å². The van der Waals surface area contributed by atoms with Crippen molar-refractivity contribution in [3.63, 3.8) is 0 Å². The van der Waals surface area contributed by atoms with Gasteiger partial charge < -0.3 is 29.1 Å². The van der Waals surface area contributed by atoms with Crippen molar-refractivity contribution in [2.75, 3.05) is 20.8 Å². The number of carbonyl (C=O) groups is 1. The maximum Gasteiger partial charge on any atom is 0.407 e. The number of benzene rings is 3. The summed E-state index contributed by atoms with van der Waals surface area (Å²) in [5, 5.41) is 13.3. The van der Waals surface area contributed by atoms with Crippen LogP contribution in [0, 0.1) is 13.5 Å². The van der Waals surface area contributed by atoms with Crippen LogP contribution in [0.1, 0.15) is 48.9 Å². The molecule has 0 saturated carbocycles. The molecular weight excluding hydrogens is 560 g/mol. The second-order valence-corrected chi connectivity index (χ2v) is 17.1. The Morgan fingerprint density at radius 3 is 2.09 bits per heavy atom. The van der Waals surface area contributed by atoms with E-state index in [1.165, 1.54) is 0 Å². The Labute approximate surface area is 255 Å². The van der Waals surface area contributed by atoms with Crippen LogP contribution in [-0.4, -0.2) is 52.6 Å². The third kappa shape index (κ3) is 6.51. The number of alkyl carbamates (subject to hydrolysis) is 1. The van der Waals surface area contributed by atoms with Gasteiger partial charge in [0.05, 0.1) is 14.2 Å².